The molecule has 0 atom stereocenters. The zero-order valence-corrected chi connectivity index (χ0v) is 20.9. The summed E-state index contributed by atoms with van der Waals surface area (Å²) < 4.78 is 18.2. The van der Waals surface area contributed by atoms with Gasteiger partial charge in [0.2, 0.25) is 5.91 Å². The summed E-state index contributed by atoms with van der Waals surface area (Å²) >= 11 is 2.68. The van der Waals surface area contributed by atoms with Gasteiger partial charge in [-0.1, -0.05) is 25.6 Å². The van der Waals surface area contributed by atoms with Crippen molar-refractivity contribution in [3.63, 3.8) is 0 Å². The van der Waals surface area contributed by atoms with Crippen LogP contribution in [0.3, 0.4) is 0 Å². The molecule has 0 saturated heterocycles. The van der Waals surface area contributed by atoms with Crippen molar-refractivity contribution in [2.24, 2.45) is 0 Å². The lowest BCUT2D eigenvalue weighted by atomic mass is 10.1. The second-order valence-electron chi connectivity index (χ2n) is 7.60. The average Bonchev–Trinajstić information content (AvgIpc) is 3.59. The minimum absolute atomic E-state index is 0.175. The minimum atomic E-state index is -0.175. The summed E-state index contributed by atoms with van der Waals surface area (Å²) in [5, 5.41) is 14.5. The van der Waals surface area contributed by atoms with Gasteiger partial charge in [0.25, 0.3) is 0 Å². The summed E-state index contributed by atoms with van der Waals surface area (Å²) in [7, 11) is 3.20. The Morgan fingerprint density at radius 3 is 2.79 bits per heavy atom. The first-order valence-electron chi connectivity index (χ1n) is 10.5. The number of methoxy groups -OCH3 is 2. The Hall–Kier alpha value is -3.31. The van der Waals surface area contributed by atoms with Gasteiger partial charge in [-0.3, -0.25) is 9.36 Å². The van der Waals surface area contributed by atoms with Crippen LogP contribution in [-0.2, 0) is 11.3 Å². The lowest BCUT2D eigenvalue weighted by Gasteiger charge is -2.10. The molecule has 0 aliphatic carbocycles. The van der Waals surface area contributed by atoms with Gasteiger partial charge < -0.3 is 19.2 Å². The van der Waals surface area contributed by atoms with Crippen LogP contribution >= 0.6 is 23.1 Å². The molecule has 3 heterocycles. The molecule has 0 aliphatic heterocycles. The monoisotopic (exact) mass is 499 g/mol. The Labute approximate surface area is 205 Å². The van der Waals surface area contributed by atoms with Gasteiger partial charge in [0, 0.05) is 22.9 Å². The molecule has 34 heavy (non-hydrogen) atoms. The molecule has 0 unspecified atom stereocenters. The van der Waals surface area contributed by atoms with Crippen molar-refractivity contribution < 1.29 is 18.7 Å². The van der Waals surface area contributed by atoms with Gasteiger partial charge in [-0.05, 0) is 24.3 Å². The molecule has 9 nitrogen and oxygen atoms in total. The number of carbonyl (C=O) groups is 1. The van der Waals surface area contributed by atoms with Crippen LogP contribution in [-0.4, -0.2) is 45.6 Å². The van der Waals surface area contributed by atoms with Crippen molar-refractivity contribution in [2.75, 3.05) is 25.3 Å². The van der Waals surface area contributed by atoms with E-state index in [-0.39, 0.29) is 17.6 Å². The highest BCUT2D eigenvalue weighted by Crippen LogP contribution is 2.35. The molecule has 4 rings (SSSR count). The number of nitrogens with zero attached hydrogens (tertiary/aromatic N) is 4. The number of hydrogen-bond donors (Lipinski definition) is 1. The van der Waals surface area contributed by atoms with E-state index in [1.165, 1.54) is 23.1 Å². The molecule has 1 aromatic carbocycles. The number of carbonyl (C=O) groups excluding carboxylic acids is 1. The number of nitrogens with one attached hydrogen (secondary N) is 1. The van der Waals surface area contributed by atoms with Crippen LogP contribution in [0.2, 0.25) is 0 Å². The molecule has 1 N–H and O–H groups in total. The third-order valence-corrected chi connectivity index (χ3v) is 6.65. The van der Waals surface area contributed by atoms with Crippen LogP contribution in [0.1, 0.15) is 31.4 Å². The lowest BCUT2D eigenvalue weighted by Crippen LogP contribution is -2.15. The maximum atomic E-state index is 12.6. The summed E-state index contributed by atoms with van der Waals surface area (Å²) in [6.07, 6.45) is 1.64. The average molecular weight is 500 g/mol. The van der Waals surface area contributed by atoms with E-state index in [0.29, 0.717) is 34.0 Å². The van der Waals surface area contributed by atoms with Gasteiger partial charge in [0.1, 0.15) is 23.1 Å². The molecular formula is C23H25N5O4S2. The van der Waals surface area contributed by atoms with Gasteiger partial charge >= 0.3 is 0 Å². The number of amides is 1. The summed E-state index contributed by atoms with van der Waals surface area (Å²) in [5.74, 6) is 3.18. The highest BCUT2D eigenvalue weighted by molar-refractivity contribution is 7.99. The number of benzene rings is 1. The van der Waals surface area contributed by atoms with Crippen LogP contribution in [0.25, 0.3) is 11.3 Å². The van der Waals surface area contributed by atoms with E-state index < -0.39 is 0 Å². The third kappa shape index (κ3) is 5.42. The van der Waals surface area contributed by atoms with Gasteiger partial charge in [-0.15, -0.1) is 21.5 Å². The molecular weight excluding hydrogens is 474 g/mol. The molecule has 1 amide bonds. The lowest BCUT2D eigenvalue weighted by molar-refractivity contribution is -0.113. The van der Waals surface area contributed by atoms with Crippen LogP contribution in [0.5, 0.6) is 11.5 Å². The number of rotatable bonds is 10. The Bertz CT molecular complexity index is 1250. The van der Waals surface area contributed by atoms with Crippen molar-refractivity contribution in [3.8, 4) is 22.8 Å². The maximum Gasteiger partial charge on any atom is 0.236 e. The van der Waals surface area contributed by atoms with Crippen molar-refractivity contribution >= 4 is 34.1 Å². The Kier molecular flexibility index (Phi) is 7.53. The minimum Gasteiger partial charge on any atom is -0.497 e. The SMILES string of the molecule is COc1ccc(-c2csc(NC(=O)CSc3nnc(C(C)C)n3Cc3ccco3)n2)c(OC)c1. The molecule has 3 aromatic heterocycles. The summed E-state index contributed by atoms with van der Waals surface area (Å²) in [5.41, 5.74) is 1.54. The zero-order chi connectivity index (χ0) is 24.1. The standard InChI is InChI=1S/C23H25N5O4S2/c1-14(2)21-26-27-23(28(21)11-16-6-5-9-32-16)34-13-20(29)25-22-24-18(12-33-22)17-8-7-15(30-3)10-19(17)31-4/h5-10,12,14H,11,13H2,1-4H3,(H,24,25,29). The van der Waals surface area contributed by atoms with Crippen molar-refractivity contribution in [1.29, 1.82) is 0 Å². The zero-order valence-electron chi connectivity index (χ0n) is 19.3. The second-order valence-corrected chi connectivity index (χ2v) is 9.40. The quantitative estimate of drug-likeness (QED) is 0.307. The van der Waals surface area contributed by atoms with Crippen LogP contribution < -0.4 is 14.8 Å². The van der Waals surface area contributed by atoms with E-state index in [4.69, 9.17) is 13.9 Å². The molecule has 0 saturated carbocycles. The Morgan fingerprint density at radius 2 is 2.09 bits per heavy atom. The number of thioether (sulfide) groups is 1. The fourth-order valence-electron chi connectivity index (χ4n) is 3.29. The van der Waals surface area contributed by atoms with Gasteiger partial charge in [0.05, 0.1) is 38.5 Å². The molecule has 0 bridgehead atoms. The first-order chi connectivity index (χ1) is 16.5. The molecule has 0 aliphatic rings. The Morgan fingerprint density at radius 1 is 1.24 bits per heavy atom. The third-order valence-electron chi connectivity index (χ3n) is 4.92. The smallest absolute Gasteiger partial charge is 0.236 e. The molecule has 0 radical (unpaired) electrons. The van der Waals surface area contributed by atoms with E-state index in [1.807, 2.05) is 34.2 Å². The second kappa shape index (κ2) is 10.7. The van der Waals surface area contributed by atoms with E-state index in [1.54, 1.807) is 26.5 Å². The van der Waals surface area contributed by atoms with Crippen LogP contribution in [0.4, 0.5) is 5.13 Å². The molecule has 0 spiro atoms. The molecule has 11 heteroatoms. The molecule has 4 aromatic rings. The number of aromatic nitrogens is 4. The fourth-order valence-corrected chi connectivity index (χ4v) is 4.76. The number of furan rings is 1. The van der Waals surface area contributed by atoms with Crippen LogP contribution in [0.15, 0.2) is 51.5 Å². The fraction of sp³-hybridized carbons (Fsp3) is 0.304. The largest absolute Gasteiger partial charge is 0.497 e. The predicted molar refractivity (Wildman–Crippen MR) is 132 cm³/mol. The van der Waals surface area contributed by atoms with Gasteiger partial charge in [0.15, 0.2) is 10.3 Å². The van der Waals surface area contributed by atoms with E-state index in [0.717, 1.165) is 17.1 Å². The number of thiazole rings is 1. The predicted octanol–water partition coefficient (Wildman–Crippen LogP) is 4.91. The summed E-state index contributed by atoms with van der Waals surface area (Å²) in [4.78, 5) is 17.2. The van der Waals surface area contributed by atoms with Crippen molar-refractivity contribution in [1.82, 2.24) is 19.7 Å². The molecule has 0 fully saturated rings. The normalized spacial score (nSPS) is 11.1. The first-order valence-corrected chi connectivity index (χ1v) is 12.4. The maximum absolute atomic E-state index is 12.6. The van der Waals surface area contributed by atoms with Gasteiger partial charge in [-0.25, -0.2) is 4.98 Å². The summed E-state index contributed by atoms with van der Waals surface area (Å²) in [6.45, 7) is 4.63. The molecule has 178 valence electrons. The highest BCUT2D eigenvalue weighted by Gasteiger charge is 2.18. The summed E-state index contributed by atoms with van der Waals surface area (Å²) in [6, 6.07) is 9.28. The highest BCUT2D eigenvalue weighted by atomic mass is 32.2. The number of anilines is 1. The topological polar surface area (TPSA) is 104 Å². The van der Waals surface area contributed by atoms with E-state index in [2.05, 4.69) is 34.3 Å². The number of hydrogen-bond acceptors (Lipinski definition) is 9. The van der Waals surface area contributed by atoms with E-state index in [9.17, 15) is 4.79 Å². The van der Waals surface area contributed by atoms with Gasteiger partial charge in [-0.2, -0.15) is 0 Å². The first kappa shape index (κ1) is 23.8. The number of ether oxygens (including phenoxy) is 2. The van der Waals surface area contributed by atoms with Crippen LogP contribution in [0, 0.1) is 0 Å². The van der Waals surface area contributed by atoms with Crippen molar-refractivity contribution in [3.05, 3.63) is 53.6 Å². The van der Waals surface area contributed by atoms with E-state index >= 15 is 0 Å². The van der Waals surface area contributed by atoms with Crippen molar-refractivity contribution in [2.45, 2.75) is 31.5 Å². The Balaban J connectivity index is 1.42.